The highest BCUT2D eigenvalue weighted by molar-refractivity contribution is 5.94. The molecule has 0 saturated carbocycles. The van der Waals surface area contributed by atoms with E-state index in [1.54, 1.807) is 74.9 Å². The van der Waals surface area contributed by atoms with Gasteiger partial charge in [-0.15, -0.1) is 0 Å². The molecule has 0 bridgehead atoms. The number of benzene rings is 3. The van der Waals surface area contributed by atoms with Crippen LogP contribution in [0.25, 0.3) is 0 Å². The second-order valence-corrected chi connectivity index (χ2v) is 7.89. The van der Waals surface area contributed by atoms with E-state index in [9.17, 15) is 14.4 Å². The SMILES string of the molecule is COc1ccc(C(=O)OCCN(CCOC(=O)c2ccc(C)cc2)C(=O)c2ccc(OC)cc2)cc1. The lowest BCUT2D eigenvalue weighted by Crippen LogP contribution is -2.37. The fourth-order valence-corrected chi connectivity index (χ4v) is 3.31. The summed E-state index contributed by atoms with van der Waals surface area (Å²) in [6, 6.07) is 20.2. The summed E-state index contributed by atoms with van der Waals surface area (Å²) in [5.74, 6) is -0.0239. The van der Waals surface area contributed by atoms with Crippen LogP contribution in [0.3, 0.4) is 0 Å². The zero-order valence-electron chi connectivity index (χ0n) is 20.6. The van der Waals surface area contributed by atoms with Gasteiger partial charge in [0.25, 0.3) is 5.91 Å². The minimum absolute atomic E-state index is 0.0129. The van der Waals surface area contributed by atoms with Gasteiger partial charge in [0.2, 0.25) is 0 Å². The summed E-state index contributed by atoms with van der Waals surface area (Å²) < 4.78 is 21.0. The molecule has 0 unspecified atom stereocenters. The summed E-state index contributed by atoms with van der Waals surface area (Å²) in [4.78, 5) is 39.3. The molecular formula is C28H29NO7. The average molecular weight is 492 g/mol. The van der Waals surface area contributed by atoms with Crippen molar-refractivity contribution in [2.24, 2.45) is 0 Å². The van der Waals surface area contributed by atoms with E-state index in [2.05, 4.69) is 0 Å². The van der Waals surface area contributed by atoms with Gasteiger partial charge in [0.05, 0.1) is 38.4 Å². The van der Waals surface area contributed by atoms with E-state index in [4.69, 9.17) is 18.9 Å². The number of aryl methyl sites for hydroxylation is 1. The predicted molar refractivity (Wildman–Crippen MR) is 134 cm³/mol. The van der Waals surface area contributed by atoms with Crippen molar-refractivity contribution in [2.45, 2.75) is 6.92 Å². The fraction of sp³-hybridized carbons (Fsp3) is 0.250. The number of hydrogen-bond donors (Lipinski definition) is 0. The first kappa shape index (κ1) is 26.3. The van der Waals surface area contributed by atoms with Gasteiger partial charge in [0, 0.05) is 5.56 Å². The number of ether oxygens (including phenoxy) is 4. The summed E-state index contributed by atoms with van der Waals surface area (Å²) in [5, 5.41) is 0. The molecule has 8 nitrogen and oxygen atoms in total. The molecule has 0 radical (unpaired) electrons. The normalized spacial score (nSPS) is 10.3. The Balaban J connectivity index is 1.61. The molecule has 0 heterocycles. The van der Waals surface area contributed by atoms with Crippen LogP contribution in [0.4, 0.5) is 0 Å². The molecular weight excluding hydrogens is 462 g/mol. The maximum Gasteiger partial charge on any atom is 0.338 e. The smallest absolute Gasteiger partial charge is 0.338 e. The molecule has 0 fully saturated rings. The van der Waals surface area contributed by atoms with Crippen molar-refractivity contribution < 1.29 is 33.3 Å². The standard InChI is InChI=1S/C28H29NO7/c1-20-4-6-22(7-5-20)27(31)35-18-16-29(26(30)21-8-12-24(33-2)13-9-21)17-19-36-28(32)23-10-14-25(34-3)15-11-23/h4-15H,16-19H2,1-3H3. The minimum Gasteiger partial charge on any atom is -0.497 e. The number of rotatable bonds is 11. The number of amides is 1. The molecule has 0 aromatic heterocycles. The Morgan fingerprint density at radius 1 is 0.611 bits per heavy atom. The first-order chi connectivity index (χ1) is 17.4. The Morgan fingerprint density at radius 3 is 1.42 bits per heavy atom. The molecule has 3 aromatic carbocycles. The van der Waals surface area contributed by atoms with E-state index >= 15 is 0 Å². The first-order valence-electron chi connectivity index (χ1n) is 11.4. The van der Waals surface area contributed by atoms with E-state index in [0.29, 0.717) is 28.2 Å². The van der Waals surface area contributed by atoms with Gasteiger partial charge in [-0.25, -0.2) is 9.59 Å². The van der Waals surface area contributed by atoms with Crippen molar-refractivity contribution in [1.29, 1.82) is 0 Å². The molecule has 3 aromatic rings. The predicted octanol–water partition coefficient (Wildman–Crippen LogP) is 4.17. The Labute approximate surface area is 210 Å². The number of carbonyl (C=O) groups excluding carboxylic acids is 3. The third-order valence-corrected chi connectivity index (χ3v) is 5.43. The fourth-order valence-electron chi connectivity index (χ4n) is 3.31. The first-order valence-corrected chi connectivity index (χ1v) is 11.4. The van der Waals surface area contributed by atoms with Gasteiger partial charge in [-0.05, 0) is 67.6 Å². The maximum atomic E-state index is 13.1. The molecule has 1 amide bonds. The molecule has 0 N–H and O–H groups in total. The number of nitrogens with zero attached hydrogens (tertiary/aromatic N) is 1. The summed E-state index contributed by atoms with van der Waals surface area (Å²) >= 11 is 0. The zero-order valence-corrected chi connectivity index (χ0v) is 20.6. The van der Waals surface area contributed by atoms with Gasteiger partial charge in [0.1, 0.15) is 24.7 Å². The third kappa shape index (κ3) is 7.33. The van der Waals surface area contributed by atoms with Gasteiger partial charge >= 0.3 is 11.9 Å². The van der Waals surface area contributed by atoms with Crippen molar-refractivity contribution in [1.82, 2.24) is 4.90 Å². The molecule has 0 aliphatic heterocycles. The third-order valence-electron chi connectivity index (χ3n) is 5.43. The van der Waals surface area contributed by atoms with E-state index in [1.165, 1.54) is 4.90 Å². The molecule has 0 atom stereocenters. The van der Waals surface area contributed by atoms with Crippen LogP contribution in [0, 0.1) is 6.92 Å². The highest BCUT2D eigenvalue weighted by Gasteiger charge is 2.18. The molecule has 36 heavy (non-hydrogen) atoms. The Morgan fingerprint density at radius 2 is 1.00 bits per heavy atom. The van der Waals surface area contributed by atoms with E-state index in [1.807, 2.05) is 19.1 Å². The molecule has 0 aliphatic carbocycles. The van der Waals surface area contributed by atoms with E-state index in [-0.39, 0.29) is 32.2 Å². The molecule has 0 saturated heterocycles. The van der Waals surface area contributed by atoms with Crippen molar-refractivity contribution >= 4 is 17.8 Å². The molecule has 3 rings (SSSR count). The van der Waals surface area contributed by atoms with Crippen LogP contribution in [0.2, 0.25) is 0 Å². The van der Waals surface area contributed by atoms with Gasteiger partial charge in [-0.2, -0.15) is 0 Å². The Bertz CT molecular complexity index is 1160. The topological polar surface area (TPSA) is 91.4 Å². The van der Waals surface area contributed by atoms with Crippen LogP contribution in [0.5, 0.6) is 11.5 Å². The minimum atomic E-state index is -0.514. The molecule has 188 valence electrons. The highest BCUT2D eigenvalue weighted by atomic mass is 16.5. The van der Waals surface area contributed by atoms with Gasteiger partial charge in [-0.1, -0.05) is 17.7 Å². The zero-order chi connectivity index (χ0) is 25.9. The highest BCUT2D eigenvalue weighted by Crippen LogP contribution is 2.14. The van der Waals surface area contributed by atoms with Gasteiger partial charge < -0.3 is 23.8 Å². The lowest BCUT2D eigenvalue weighted by Gasteiger charge is -2.23. The average Bonchev–Trinajstić information content (AvgIpc) is 2.92. The van der Waals surface area contributed by atoms with Crippen LogP contribution < -0.4 is 9.47 Å². The second-order valence-electron chi connectivity index (χ2n) is 7.89. The second kappa shape index (κ2) is 12.9. The van der Waals surface area contributed by atoms with Crippen molar-refractivity contribution in [3.8, 4) is 11.5 Å². The van der Waals surface area contributed by atoms with Crippen LogP contribution in [0.1, 0.15) is 36.6 Å². The lowest BCUT2D eigenvalue weighted by molar-refractivity contribution is 0.0362. The van der Waals surface area contributed by atoms with Crippen LogP contribution in [0.15, 0.2) is 72.8 Å². The summed E-state index contributed by atoms with van der Waals surface area (Å²) in [6.07, 6.45) is 0. The van der Waals surface area contributed by atoms with Gasteiger partial charge in [0.15, 0.2) is 0 Å². The largest absolute Gasteiger partial charge is 0.497 e. The molecule has 0 aliphatic rings. The van der Waals surface area contributed by atoms with E-state index < -0.39 is 11.9 Å². The lowest BCUT2D eigenvalue weighted by atomic mass is 10.1. The van der Waals surface area contributed by atoms with Crippen molar-refractivity contribution in [3.63, 3.8) is 0 Å². The van der Waals surface area contributed by atoms with Crippen molar-refractivity contribution in [2.75, 3.05) is 40.5 Å². The van der Waals surface area contributed by atoms with Crippen molar-refractivity contribution in [3.05, 3.63) is 95.1 Å². The maximum absolute atomic E-state index is 13.1. The van der Waals surface area contributed by atoms with Crippen LogP contribution >= 0.6 is 0 Å². The molecule has 8 heteroatoms. The Kier molecular flexibility index (Phi) is 9.45. The summed E-state index contributed by atoms with van der Waals surface area (Å²) in [5.41, 5.74) is 2.27. The van der Waals surface area contributed by atoms with Gasteiger partial charge in [-0.3, -0.25) is 4.79 Å². The number of carbonyl (C=O) groups is 3. The van der Waals surface area contributed by atoms with E-state index in [0.717, 1.165) is 5.56 Å². The number of esters is 2. The Hall–Kier alpha value is -4.33. The summed E-state index contributed by atoms with van der Waals surface area (Å²) in [6.45, 7) is 2.14. The number of hydrogen-bond acceptors (Lipinski definition) is 7. The molecule has 0 spiro atoms. The van der Waals surface area contributed by atoms with Crippen LogP contribution in [-0.4, -0.2) is 63.3 Å². The van der Waals surface area contributed by atoms with Crippen LogP contribution in [-0.2, 0) is 9.47 Å². The quantitative estimate of drug-likeness (QED) is 0.372. The summed E-state index contributed by atoms with van der Waals surface area (Å²) in [7, 11) is 3.09. The number of methoxy groups -OCH3 is 2. The monoisotopic (exact) mass is 491 g/mol.